The molecule has 0 saturated heterocycles. The zero-order valence-corrected chi connectivity index (χ0v) is 11.1. The second-order valence-corrected chi connectivity index (χ2v) is 4.36. The number of hydrogen-bond acceptors (Lipinski definition) is 2. The van der Waals surface area contributed by atoms with E-state index in [1.54, 1.807) is 0 Å². The van der Waals surface area contributed by atoms with E-state index in [0.717, 1.165) is 0 Å². The first-order chi connectivity index (χ1) is 9.73. The monoisotopic (exact) mass is 301 g/mol. The minimum absolute atomic E-state index is 0.0458. The van der Waals surface area contributed by atoms with Crippen LogP contribution in [0.25, 0.3) is 0 Å². The Morgan fingerprint density at radius 1 is 1.24 bits per heavy atom. The first-order valence-electron chi connectivity index (χ1n) is 6.00. The smallest absolute Gasteiger partial charge is 0.406 e. The Balaban J connectivity index is 2.76. The molecular weight excluding hydrogens is 287 g/mol. The fraction of sp³-hybridized carbons (Fsp3) is 0.286. The van der Waals surface area contributed by atoms with Gasteiger partial charge < -0.3 is 10.0 Å². The second kappa shape index (κ2) is 6.92. The van der Waals surface area contributed by atoms with Crippen molar-refractivity contribution in [3.05, 3.63) is 48.0 Å². The fourth-order valence-electron chi connectivity index (χ4n) is 1.68. The van der Waals surface area contributed by atoms with Crippen molar-refractivity contribution in [2.75, 3.05) is 13.1 Å². The summed E-state index contributed by atoms with van der Waals surface area (Å²) in [6.45, 7) is 1.78. The number of carbonyl (C=O) groups excluding carboxylic acids is 1. The number of carboxylic acid groups (broad SMARTS) is 1. The van der Waals surface area contributed by atoms with E-state index in [1.807, 2.05) is 0 Å². The molecule has 0 saturated carbocycles. The normalized spacial score (nSPS) is 11.0. The number of amides is 1. The molecule has 1 aromatic rings. The van der Waals surface area contributed by atoms with Gasteiger partial charge in [-0.05, 0) is 17.7 Å². The lowest BCUT2D eigenvalue weighted by atomic mass is 10.1. The molecule has 0 unspecified atom stereocenters. The number of halogens is 3. The van der Waals surface area contributed by atoms with Gasteiger partial charge in [-0.15, -0.1) is 6.58 Å². The molecule has 4 nitrogen and oxygen atoms in total. The Labute approximate surface area is 119 Å². The number of alkyl halides is 3. The zero-order chi connectivity index (χ0) is 16.0. The van der Waals surface area contributed by atoms with Crippen molar-refractivity contribution in [1.29, 1.82) is 0 Å². The highest BCUT2D eigenvalue weighted by Crippen LogP contribution is 2.17. The summed E-state index contributed by atoms with van der Waals surface area (Å²) in [5.74, 6) is -1.81. The Hall–Kier alpha value is -2.31. The lowest BCUT2D eigenvalue weighted by Gasteiger charge is -2.22. The minimum atomic E-state index is -4.48. The van der Waals surface area contributed by atoms with Crippen LogP contribution < -0.4 is 0 Å². The predicted octanol–water partition coefficient (Wildman–Crippen LogP) is 2.50. The highest BCUT2D eigenvalue weighted by atomic mass is 19.4. The predicted molar refractivity (Wildman–Crippen MR) is 69.9 cm³/mol. The van der Waals surface area contributed by atoms with Crippen LogP contribution in [-0.4, -0.2) is 41.1 Å². The Morgan fingerprint density at radius 2 is 1.81 bits per heavy atom. The van der Waals surface area contributed by atoms with Gasteiger partial charge in [0.15, 0.2) is 0 Å². The van der Waals surface area contributed by atoms with Crippen molar-refractivity contribution in [2.24, 2.45) is 0 Å². The van der Waals surface area contributed by atoms with Crippen molar-refractivity contribution in [3.8, 4) is 0 Å². The molecule has 7 heteroatoms. The average Bonchev–Trinajstić information content (AvgIpc) is 2.37. The van der Waals surface area contributed by atoms with Gasteiger partial charge in [0.05, 0.1) is 12.0 Å². The van der Waals surface area contributed by atoms with Crippen molar-refractivity contribution in [2.45, 2.75) is 12.6 Å². The van der Waals surface area contributed by atoms with E-state index in [9.17, 15) is 22.8 Å². The fourth-order valence-corrected chi connectivity index (χ4v) is 1.68. The highest BCUT2D eigenvalue weighted by molar-refractivity contribution is 5.87. The van der Waals surface area contributed by atoms with E-state index in [2.05, 4.69) is 6.58 Å². The summed E-state index contributed by atoms with van der Waals surface area (Å²) in [5.41, 5.74) is 0.491. The van der Waals surface area contributed by atoms with Gasteiger partial charge in [-0.3, -0.25) is 4.79 Å². The van der Waals surface area contributed by atoms with Crippen LogP contribution >= 0.6 is 0 Å². The van der Waals surface area contributed by atoms with Gasteiger partial charge in [0.2, 0.25) is 5.91 Å². The Morgan fingerprint density at radius 3 is 2.24 bits per heavy atom. The minimum Gasteiger partial charge on any atom is -0.478 e. The molecule has 0 bridgehead atoms. The van der Waals surface area contributed by atoms with Gasteiger partial charge in [0.1, 0.15) is 6.54 Å². The quantitative estimate of drug-likeness (QED) is 0.821. The highest BCUT2D eigenvalue weighted by Gasteiger charge is 2.32. The summed E-state index contributed by atoms with van der Waals surface area (Å²) >= 11 is 0. The van der Waals surface area contributed by atoms with Gasteiger partial charge >= 0.3 is 12.1 Å². The van der Waals surface area contributed by atoms with Crippen LogP contribution in [0.1, 0.15) is 15.9 Å². The maximum absolute atomic E-state index is 12.4. The Kier molecular flexibility index (Phi) is 5.52. The summed E-state index contributed by atoms with van der Waals surface area (Å²) in [6, 6.07) is 5.40. The number of aromatic carboxylic acids is 1. The van der Waals surface area contributed by atoms with E-state index in [4.69, 9.17) is 5.11 Å². The van der Waals surface area contributed by atoms with Gasteiger partial charge in [0, 0.05) is 6.54 Å². The first-order valence-corrected chi connectivity index (χ1v) is 6.00. The van der Waals surface area contributed by atoms with Gasteiger partial charge in [0.25, 0.3) is 0 Å². The van der Waals surface area contributed by atoms with Crippen molar-refractivity contribution < 1.29 is 27.9 Å². The van der Waals surface area contributed by atoms with Crippen LogP contribution in [0.2, 0.25) is 0 Å². The molecule has 0 aromatic heterocycles. The summed E-state index contributed by atoms with van der Waals surface area (Å²) in [6.07, 6.45) is -3.49. The SMILES string of the molecule is C=CCN(CC(F)(F)F)C(=O)Cc1ccc(C(=O)O)cc1. The second-order valence-electron chi connectivity index (χ2n) is 4.36. The van der Waals surface area contributed by atoms with Crippen molar-refractivity contribution >= 4 is 11.9 Å². The molecule has 0 aliphatic heterocycles. The molecule has 0 spiro atoms. The van der Waals surface area contributed by atoms with Gasteiger partial charge in [-0.25, -0.2) is 4.79 Å². The summed E-state index contributed by atoms with van der Waals surface area (Å²) in [4.78, 5) is 23.2. The first kappa shape index (κ1) is 16.7. The molecule has 0 aliphatic carbocycles. The number of carbonyl (C=O) groups is 2. The molecule has 114 valence electrons. The van der Waals surface area contributed by atoms with Crippen molar-refractivity contribution in [1.82, 2.24) is 4.90 Å². The maximum atomic E-state index is 12.4. The standard InChI is InChI=1S/C14H14F3NO3/c1-2-7-18(9-14(15,16)17)12(19)8-10-3-5-11(6-4-10)13(20)21/h2-6H,1,7-9H2,(H,20,21). The lowest BCUT2D eigenvalue weighted by Crippen LogP contribution is -2.39. The molecule has 0 radical (unpaired) electrons. The van der Waals surface area contributed by atoms with E-state index >= 15 is 0 Å². The molecule has 1 N–H and O–H groups in total. The van der Waals surface area contributed by atoms with Crippen LogP contribution in [-0.2, 0) is 11.2 Å². The molecular formula is C14H14F3NO3. The van der Waals surface area contributed by atoms with Crippen LogP contribution in [0.15, 0.2) is 36.9 Å². The third-order valence-electron chi connectivity index (χ3n) is 2.63. The molecule has 0 aliphatic rings. The number of nitrogens with zero attached hydrogens (tertiary/aromatic N) is 1. The third kappa shape index (κ3) is 5.68. The number of carboxylic acids is 1. The summed E-state index contributed by atoms with van der Waals surface area (Å²) < 4.78 is 37.1. The Bertz CT molecular complexity index is 523. The number of hydrogen-bond donors (Lipinski definition) is 1. The van der Waals surface area contributed by atoms with Crippen LogP contribution in [0, 0.1) is 0 Å². The van der Waals surface area contributed by atoms with Crippen LogP contribution in [0.3, 0.4) is 0 Å². The summed E-state index contributed by atoms with van der Waals surface area (Å²) in [7, 11) is 0. The molecule has 21 heavy (non-hydrogen) atoms. The molecule has 1 amide bonds. The van der Waals surface area contributed by atoms with Crippen molar-refractivity contribution in [3.63, 3.8) is 0 Å². The number of benzene rings is 1. The van der Waals surface area contributed by atoms with E-state index in [0.29, 0.717) is 10.5 Å². The third-order valence-corrected chi connectivity index (χ3v) is 2.63. The molecule has 1 rings (SSSR count). The maximum Gasteiger partial charge on any atom is 0.406 e. The zero-order valence-electron chi connectivity index (χ0n) is 11.1. The van der Waals surface area contributed by atoms with E-state index < -0.39 is 24.6 Å². The van der Waals surface area contributed by atoms with Crippen LogP contribution in [0.5, 0.6) is 0 Å². The molecule has 1 aromatic carbocycles. The van der Waals surface area contributed by atoms with Gasteiger partial charge in [-0.2, -0.15) is 13.2 Å². The lowest BCUT2D eigenvalue weighted by molar-refractivity contribution is -0.159. The van der Waals surface area contributed by atoms with Gasteiger partial charge in [-0.1, -0.05) is 18.2 Å². The topological polar surface area (TPSA) is 57.6 Å². The average molecular weight is 301 g/mol. The summed E-state index contributed by atoms with van der Waals surface area (Å²) in [5, 5.41) is 8.73. The molecule has 0 heterocycles. The molecule has 0 fully saturated rings. The molecule has 0 atom stereocenters. The largest absolute Gasteiger partial charge is 0.478 e. The van der Waals surface area contributed by atoms with E-state index in [1.165, 1.54) is 30.3 Å². The van der Waals surface area contributed by atoms with E-state index in [-0.39, 0.29) is 18.5 Å². The van der Waals surface area contributed by atoms with Crippen LogP contribution in [0.4, 0.5) is 13.2 Å². The number of rotatable bonds is 6.